The summed E-state index contributed by atoms with van der Waals surface area (Å²) in [4.78, 5) is 4.72. The molecule has 0 aromatic heterocycles. The van der Waals surface area contributed by atoms with Crippen LogP contribution in [0.5, 0.6) is 5.75 Å². The van der Waals surface area contributed by atoms with Gasteiger partial charge in [0.15, 0.2) is 0 Å². The highest BCUT2D eigenvalue weighted by Gasteiger charge is 2.60. The van der Waals surface area contributed by atoms with Crippen LogP contribution in [0.3, 0.4) is 0 Å². The number of halogens is 3. The van der Waals surface area contributed by atoms with Crippen molar-refractivity contribution in [3.05, 3.63) is 64.2 Å². The Morgan fingerprint density at radius 2 is 1.88 bits per heavy atom. The Balaban J connectivity index is 1.57. The van der Waals surface area contributed by atoms with Crippen LogP contribution in [-0.4, -0.2) is 45.5 Å². The smallest absolute Gasteiger partial charge is 0.250 e. The number of nitrogens with one attached hydrogen (secondary N) is 1. The monoisotopic (exact) mass is 496 g/mol. The third-order valence-electron chi connectivity index (χ3n) is 6.12. The maximum atomic E-state index is 14.2. The normalized spacial score (nSPS) is 18.7. The molecule has 2 aromatic rings. The minimum atomic E-state index is -3.30. The number of sulfonamides is 1. The number of hydrogen-bond donors (Lipinski definition) is 1. The van der Waals surface area contributed by atoms with Crippen molar-refractivity contribution in [1.82, 2.24) is 4.72 Å². The summed E-state index contributed by atoms with van der Waals surface area (Å²) < 4.78 is 60.3. The Labute approximate surface area is 198 Å². The summed E-state index contributed by atoms with van der Waals surface area (Å²) in [5, 5.41) is 0.552. The molecule has 33 heavy (non-hydrogen) atoms. The highest BCUT2D eigenvalue weighted by Crippen LogP contribution is 2.56. The van der Waals surface area contributed by atoms with Crippen molar-refractivity contribution in [3.63, 3.8) is 0 Å². The third-order valence-corrected chi connectivity index (χ3v) is 7.97. The first-order chi connectivity index (χ1) is 15.6. The topological polar surface area (TPSA) is 67.8 Å². The summed E-state index contributed by atoms with van der Waals surface area (Å²) in [6, 6.07) is 12.6. The van der Waals surface area contributed by atoms with E-state index in [1.165, 1.54) is 0 Å². The van der Waals surface area contributed by atoms with Crippen molar-refractivity contribution in [2.75, 3.05) is 25.4 Å². The van der Waals surface area contributed by atoms with Gasteiger partial charge in [0.1, 0.15) is 12.4 Å². The quantitative estimate of drug-likeness (QED) is 0.509. The standard InChI is InChI=1S/C24H27ClF2N2O3S/c1-2-13-33(30,31)29-11-12-32-20-8-3-17-9-10-28-22(21(17)14-20)23(15-24(26,27)16-23)18-4-6-19(25)7-5-18/h3-8,14,29H,2,9-13,15-16H2,1H3. The van der Waals surface area contributed by atoms with Crippen molar-refractivity contribution in [2.45, 2.75) is 43.9 Å². The van der Waals surface area contributed by atoms with E-state index in [1.807, 2.05) is 18.2 Å². The van der Waals surface area contributed by atoms with E-state index in [-0.39, 0.29) is 31.7 Å². The van der Waals surface area contributed by atoms with Crippen LogP contribution in [0.4, 0.5) is 8.78 Å². The average Bonchev–Trinajstić information content (AvgIpc) is 2.75. The molecule has 9 heteroatoms. The van der Waals surface area contributed by atoms with Gasteiger partial charge < -0.3 is 4.74 Å². The molecule has 1 aliphatic carbocycles. The van der Waals surface area contributed by atoms with Gasteiger partial charge in [-0.3, -0.25) is 4.99 Å². The molecule has 0 saturated heterocycles. The molecule has 1 N–H and O–H groups in total. The van der Waals surface area contributed by atoms with Crippen molar-refractivity contribution >= 4 is 27.3 Å². The van der Waals surface area contributed by atoms with E-state index in [0.29, 0.717) is 29.4 Å². The van der Waals surface area contributed by atoms with E-state index in [2.05, 4.69) is 4.72 Å². The number of alkyl halides is 2. The summed E-state index contributed by atoms with van der Waals surface area (Å²) in [6.45, 7) is 2.66. The zero-order valence-electron chi connectivity index (χ0n) is 18.4. The second-order valence-electron chi connectivity index (χ2n) is 8.66. The van der Waals surface area contributed by atoms with Gasteiger partial charge in [-0.15, -0.1) is 0 Å². The Kier molecular flexibility index (Phi) is 6.80. The number of hydrogen-bond acceptors (Lipinski definition) is 4. The minimum Gasteiger partial charge on any atom is -0.492 e. The Bertz CT molecular complexity index is 1140. The fraction of sp³-hybridized carbons (Fsp3) is 0.458. The highest BCUT2D eigenvalue weighted by atomic mass is 35.5. The molecule has 0 atom stereocenters. The maximum absolute atomic E-state index is 14.2. The van der Waals surface area contributed by atoms with E-state index in [4.69, 9.17) is 21.3 Å². The average molecular weight is 497 g/mol. The van der Waals surface area contributed by atoms with Gasteiger partial charge in [0.05, 0.1) is 11.5 Å². The lowest BCUT2D eigenvalue weighted by atomic mass is 9.57. The number of nitrogens with zero attached hydrogens (tertiary/aromatic N) is 1. The van der Waals surface area contributed by atoms with Crippen LogP contribution in [0.2, 0.25) is 5.02 Å². The van der Waals surface area contributed by atoms with E-state index in [1.54, 1.807) is 31.2 Å². The molecule has 1 saturated carbocycles. The number of rotatable bonds is 9. The van der Waals surface area contributed by atoms with E-state index >= 15 is 0 Å². The number of fused-ring (bicyclic) bond motifs is 1. The minimum absolute atomic E-state index is 0.0725. The van der Waals surface area contributed by atoms with Crippen LogP contribution in [0.15, 0.2) is 47.5 Å². The molecule has 1 heterocycles. The molecule has 0 amide bonds. The lowest BCUT2D eigenvalue weighted by Gasteiger charge is -2.49. The number of aliphatic imine (C=N–C) groups is 1. The Hall–Kier alpha value is -2.03. The van der Waals surface area contributed by atoms with Gasteiger partial charge in [-0.2, -0.15) is 0 Å². The molecule has 1 fully saturated rings. The van der Waals surface area contributed by atoms with Crippen LogP contribution in [-0.2, 0) is 21.9 Å². The summed E-state index contributed by atoms with van der Waals surface area (Å²) in [5.41, 5.74) is 2.42. The molecule has 0 bridgehead atoms. The van der Waals surface area contributed by atoms with Gasteiger partial charge in [-0.1, -0.05) is 36.7 Å². The first-order valence-electron chi connectivity index (χ1n) is 11.1. The summed E-state index contributed by atoms with van der Waals surface area (Å²) in [7, 11) is -3.30. The largest absolute Gasteiger partial charge is 0.492 e. The van der Waals surface area contributed by atoms with Crippen LogP contribution in [0.1, 0.15) is 42.9 Å². The zero-order chi connectivity index (χ0) is 23.7. The van der Waals surface area contributed by atoms with Crippen molar-refractivity contribution in [2.24, 2.45) is 4.99 Å². The molecule has 0 radical (unpaired) electrons. The molecule has 4 rings (SSSR count). The third kappa shape index (κ3) is 5.23. The lowest BCUT2D eigenvalue weighted by Crippen LogP contribution is -2.55. The molecular weight excluding hydrogens is 470 g/mol. The van der Waals surface area contributed by atoms with Gasteiger partial charge >= 0.3 is 0 Å². The molecule has 1 aliphatic heterocycles. The summed E-state index contributed by atoms with van der Waals surface area (Å²) in [5.74, 6) is -2.12. The van der Waals surface area contributed by atoms with Crippen LogP contribution in [0, 0.1) is 0 Å². The van der Waals surface area contributed by atoms with Crippen molar-refractivity contribution in [3.8, 4) is 5.75 Å². The van der Waals surface area contributed by atoms with Gasteiger partial charge in [-0.25, -0.2) is 21.9 Å². The van der Waals surface area contributed by atoms with Crippen LogP contribution in [0.25, 0.3) is 0 Å². The molecule has 178 valence electrons. The zero-order valence-corrected chi connectivity index (χ0v) is 20.0. The number of ether oxygens (including phenoxy) is 1. The fourth-order valence-electron chi connectivity index (χ4n) is 4.68. The highest BCUT2D eigenvalue weighted by molar-refractivity contribution is 7.89. The second kappa shape index (κ2) is 9.31. The van der Waals surface area contributed by atoms with E-state index in [0.717, 1.165) is 23.1 Å². The Morgan fingerprint density at radius 1 is 1.15 bits per heavy atom. The maximum Gasteiger partial charge on any atom is 0.250 e. The van der Waals surface area contributed by atoms with Gasteiger partial charge in [-0.05, 0) is 48.2 Å². The molecule has 0 unspecified atom stereocenters. The van der Waals surface area contributed by atoms with Crippen LogP contribution >= 0.6 is 11.6 Å². The van der Waals surface area contributed by atoms with Gasteiger partial charge in [0, 0.05) is 41.9 Å². The van der Waals surface area contributed by atoms with Gasteiger partial charge in [0.2, 0.25) is 10.0 Å². The first kappa shape index (κ1) is 24.1. The molecule has 0 spiro atoms. The first-order valence-corrected chi connectivity index (χ1v) is 13.1. The van der Waals surface area contributed by atoms with Crippen molar-refractivity contribution < 1.29 is 21.9 Å². The second-order valence-corrected chi connectivity index (χ2v) is 11.0. The van der Waals surface area contributed by atoms with E-state index in [9.17, 15) is 17.2 Å². The lowest BCUT2D eigenvalue weighted by molar-refractivity contribution is -0.105. The van der Waals surface area contributed by atoms with Crippen LogP contribution < -0.4 is 9.46 Å². The summed E-state index contributed by atoms with van der Waals surface area (Å²) in [6.07, 6.45) is 0.662. The van der Waals surface area contributed by atoms with Gasteiger partial charge in [0.25, 0.3) is 5.92 Å². The SMILES string of the molecule is CCCS(=O)(=O)NCCOc1ccc2c(c1)C(C1(c3ccc(Cl)cc3)CC(F)(F)C1)=NCC2. The number of benzene rings is 2. The molecule has 5 nitrogen and oxygen atoms in total. The Morgan fingerprint density at radius 3 is 2.55 bits per heavy atom. The van der Waals surface area contributed by atoms with E-state index < -0.39 is 21.4 Å². The van der Waals surface area contributed by atoms with Crippen molar-refractivity contribution in [1.29, 1.82) is 0 Å². The molecule has 2 aromatic carbocycles. The predicted octanol–water partition coefficient (Wildman–Crippen LogP) is 4.76. The summed E-state index contributed by atoms with van der Waals surface area (Å²) >= 11 is 6.04. The predicted molar refractivity (Wildman–Crippen MR) is 126 cm³/mol. The molecular formula is C24H27ClF2N2O3S. The fourth-order valence-corrected chi connectivity index (χ4v) is 5.88. The molecule has 2 aliphatic rings.